The van der Waals surface area contributed by atoms with Crippen molar-refractivity contribution in [2.75, 3.05) is 26.2 Å². The molecule has 2 rings (SSSR count). The van der Waals surface area contributed by atoms with E-state index in [1.165, 1.54) is 0 Å². The van der Waals surface area contributed by atoms with Crippen molar-refractivity contribution < 1.29 is 13.2 Å². The summed E-state index contributed by atoms with van der Waals surface area (Å²) < 4.78 is 38.5. The Morgan fingerprint density at radius 2 is 1.80 bits per heavy atom. The van der Waals surface area contributed by atoms with Crippen molar-refractivity contribution in [1.82, 2.24) is 10.2 Å². The summed E-state index contributed by atoms with van der Waals surface area (Å²) in [5.41, 5.74) is 0. The quantitative estimate of drug-likeness (QED) is 0.780. The van der Waals surface area contributed by atoms with Crippen LogP contribution in [0.2, 0.25) is 0 Å². The Morgan fingerprint density at radius 3 is 2.27 bits per heavy atom. The minimum Gasteiger partial charge on any atom is -0.314 e. The van der Waals surface area contributed by atoms with E-state index >= 15 is 0 Å². The molecule has 1 aliphatic heterocycles. The van der Waals surface area contributed by atoms with Gasteiger partial charge < -0.3 is 5.32 Å². The second-order valence-electron chi connectivity index (χ2n) is 4.52. The van der Waals surface area contributed by atoms with E-state index in [1.807, 2.05) is 0 Å². The van der Waals surface area contributed by atoms with E-state index in [0.717, 1.165) is 12.8 Å². The molecule has 0 unspecified atom stereocenters. The summed E-state index contributed by atoms with van der Waals surface area (Å²) in [6.45, 7) is 2.41. The molecule has 1 aliphatic carbocycles. The van der Waals surface area contributed by atoms with Gasteiger partial charge in [0.2, 0.25) is 0 Å². The minimum atomic E-state index is -4.06. The van der Waals surface area contributed by atoms with Crippen LogP contribution in [0.4, 0.5) is 13.2 Å². The van der Waals surface area contributed by atoms with Crippen molar-refractivity contribution in [3.63, 3.8) is 0 Å². The Kier molecular flexibility index (Phi) is 3.21. The third-order valence-electron chi connectivity index (χ3n) is 3.22. The van der Waals surface area contributed by atoms with Crippen LogP contribution in [-0.2, 0) is 0 Å². The molecule has 0 bridgehead atoms. The lowest BCUT2D eigenvalue weighted by atomic mass is 10.1. The van der Waals surface area contributed by atoms with Crippen LogP contribution in [-0.4, -0.2) is 43.3 Å². The number of halogens is 3. The maximum Gasteiger partial charge on any atom is 0.404 e. The normalized spacial score (nSPS) is 26.6. The monoisotopic (exact) mass is 222 g/mol. The van der Waals surface area contributed by atoms with Gasteiger partial charge in [-0.3, -0.25) is 4.90 Å². The maximum atomic E-state index is 12.8. The highest BCUT2D eigenvalue weighted by atomic mass is 19.4. The average molecular weight is 222 g/mol. The van der Waals surface area contributed by atoms with Gasteiger partial charge >= 0.3 is 6.18 Å². The van der Waals surface area contributed by atoms with Crippen LogP contribution in [0, 0.1) is 5.92 Å². The summed E-state index contributed by atoms with van der Waals surface area (Å²) in [5.74, 6) is 0.325. The summed E-state index contributed by atoms with van der Waals surface area (Å²) in [5, 5.41) is 3.08. The lowest BCUT2D eigenvalue weighted by molar-refractivity contribution is -0.188. The lowest BCUT2D eigenvalue weighted by Gasteiger charge is -2.36. The van der Waals surface area contributed by atoms with Gasteiger partial charge in [-0.1, -0.05) is 12.8 Å². The summed E-state index contributed by atoms with van der Waals surface area (Å²) >= 11 is 0. The highest BCUT2D eigenvalue weighted by Crippen LogP contribution is 2.39. The van der Waals surface area contributed by atoms with Crippen molar-refractivity contribution in [1.29, 1.82) is 0 Å². The van der Waals surface area contributed by atoms with Gasteiger partial charge in [-0.2, -0.15) is 13.2 Å². The van der Waals surface area contributed by atoms with Gasteiger partial charge in [0.05, 0.1) is 0 Å². The first kappa shape index (κ1) is 11.2. The molecule has 0 aromatic rings. The zero-order valence-corrected chi connectivity index (χ0v) is 8.69. The minimum absolute atomic E-state index is 0.309. The standard InChI is InChI=1S/C10H17F3N2/c11-10(12,13)9(7-8-1-2-8)15-5-3-14-4-6-15/h8-9,14H,1-7H2/t9-/m1/s1. The number of nitrogens with one attached hydrogen (secondary N) is 1. The van der Waals surface area contributed by atoms with E-state index in [-0.39, 0.29) is 0 Å². The van der Waals surface area contributed by atoms with Gasteiger partial charge in [-0.05, 0) is 12.3 Å². The second kappa shape index (κ2) is 4.29. The maximum absolute atomic E-state index is 12.8. The van der Waals surface area contributed by atoms with Gasteiger partial charge in [0.15, 0.2) is 0 Å². The van der Waals surface area contributed by atoms with Crippen molar-refractivity contribution >= 4 is 0 Å². The lowest BCUT2D eigenvalue weighted by Crippen LogP contribution is -2.53. The molecule has 0 spiro atoms. The smallest absolute Gasteiger partial charge is 0.314 e. The first-order chi connectivity index (χ1) is 7.07. The van der Waals surface area contributed by atoms with Crippen LogP contribution in [0.5, 0.6) is 0 Å². The van der Waals surface area contributed by atoms with E-state index in [9.17, 15) is 13.2 Å². The fraction of sp³-hybridized carbons (Fsp3) is 1.00. The van der Waals surface area contributed by atoms with E-state index < -0.39 is 12.2 Å². The number of nitrogens with zero attached hydrogens (tertiary/aromatic N) is 1. The van der Waals surface area contributed by atoms with Crippen LogP contribution < -0.4 is 5.32 Å². The van der Waals surface area contributed by atoms with Gasteiger partial charge in [-0.15, -0.1) is 0 Å². The molecular formula is C10H17F3N2. The van der Waals surface area contributed by atoms with E-state index in [1.54, 1.807) is 4.90 Å². The number of piperazine rings is 1. The summed E-state index contributed by atoms with van der Waals surface area (Å²) in [6.07, 6.45) is -1.78. The molecule has 0 radical (unpaired) electrons. The number of rotatable bonds is 3. The van der Waals surface area contributed by atoms with Crippen molar-refractivity contribution in [3.05, 3.63) is 0 Å². The molecule has 15 heavy (non-hydrogen) atoms. The average Bonchev–Trinajstić information content (AvgIpc) is 2.97. The van der Waals surface area contributed by atoms with Crippen LogP contribution in [0.3, 0.4) is 0 Å². The summed E-state index contributed by atoms with van der Waals surface area (Å²) in [4.78, 5) is 1.59. The van der Waals surface area contributed by atoms with Crippen LogP contribution in [0.1, 0.15) is 19.3 Å². The van der Waals surface area contributed by atoms with Crippen LogP contribution >= 0.6 is 0 Å². The van der Waals surface area contributed by atoms with Crippen molar-refractivity contribution in [2.24, 2.45) is 5.92 Å². The third-order valence-corrected chi connectivity index (χ3v) is 3.22. The van der Waals surface area contributed by atoms with Gasteiger partial charge in [0.1, 0.15) is 6.04 Å². The fourth-order valence-electron chi connectivity index (χ4n) is 2.15. The Morgan fingerprint density at radius 1 is 1.20 bits per heavy atom. The molecule has 2 nitrogen and oxygen atoms in total. The third kappa shape index (κ3) is 3.08. The summed E-state index contributed by atoms with van der Waals surface area (Å²) in [6, 6.07) is -1.20. The van der Waals surface area contributed by atoms with Gasteiger partial charge in [0, 0.05) is 26.2 Å². The topological polar surface area (TPSA) is 15.3 Å². The Hall–Kier alpha value is -0.290. The molecule has 1 atom stereocenters. The molecular weight excluding hydrogens is 205 g/mol. The zero-order valence-electron chi connectivity index (χ0n) is 8.69. The van der Waals surface area contributed by atoms with Crippen molar-refractivity contribution in [3.8, 4) is 0 Å². The molecule has 88 valence electrons. The molecule has 0 aromatic heterocycles. The molecule has 0 amide bonds. The Bertz CT molecular complexity index is 207. The van der Waals surface area contributed by atoms with Gasteiger partial charge in [-0.25, -0.2) is 0 Å². The van der Waals surface area contributed by atoms with Crippen molar-refractivity contribution in [2.45, 2.75) is 31.5 Å². The fourth-order valence-corrected chi connectivity index (χ4v) is 2.15. The number of hydrogen-bond donors (Lipinski definition) is 1. The highest BCUT2D eigenvalue weighted by Gasteiger charge is 2.46. The first-order valence-electron chi connectivity index (χ1n) is 5.59. The van der Waals surface area contributed by atoms with E-state index in [0.29, 0.717) is 38.5 Å². The predicted octanol–water partition coefficient (Wildman–Crippen LogP) is 1.62. The molecule has 1 saturated carbocycles. The van der Waals surface area contributed by atoms with E-state index in [2.05, 4.69) is 5.32 Å². The molecule has 2 fully saturated rings. The Labute approximate surface area is 87.8 Å². The summed E-state index contributed by atoms with van der Waals surface area (Å²) in [7, 11) is 0. The highest BCUT2D eigenvalue weighted by molar-refractivity contribution is 4.87. The molecule has 2 aliphatic rings. The zero-order chi connectivity index (χ0) is 10.9. The van der Waals surface area contributed by atoms with E-state index in [4.69, 9.17) is 0 Å². The molecule has 5 heteroatoms. The van der Waals surface area contributed by atoms with Gasteiger partial charge in [0.25, 0.3) is 0 Å². The first-order valence-corrected chi connectivity index (χ1v) is 5.59. The largest absolute Gasteiger partial charge is 0.404 e. The predicted molar refractivity (Wildman–Crippen MR) is 51.6 cm³/mol. The van der Waals surface area contributed by atoms with Crippen LogP contribution in [0.15, 0.2) is 0 Å². The molecule has 1 N–H and O–H groups in total. The molecule has 1 saturated heterocycles. The molecule has 0 aromatic carbocycles. The second-order valence-corrected chi connectivity index (χ2v) is 4.52. The number of alkyl halides is 3. The SMILES string of the molecule is FC(F)(F)[C@@H](CC1CC1)N1CCNCC1. The number of hydrogen-bond acceptors (Lipinski definition) is 2. The molecule has 1 heterocycles. The van der Waals surface area contributed by atoms with Crippen LogP contribution in [0.25, 0.3) is 0 Å². The Balaban J connectivity index is 1.95.